The topological polar surface area (TPSA) is 85.9 Å². The molecule has 1 fully saturated rings. The number of allylic oxidation sites excluding steroid dienone is 1. The Balaban J connectivity index is 2.55. The molecule has 2 atom stereocenters. The lowest BCUT2D eigenvalue weighted by atomic mass is 9.87. The quantitative estimate of drug-likeness (QED) is 0.772. The summed E-state index contributed by atoms with van der Waals surface area (Å²) in [4.78, 5) is 24.7. The highest BCUT2D eigenvalue weighted by atomic mass is 16.5. The zero-order chi connectivity index (χ0) is 18.4. The molecule has 0 spiro atoms. The molecule has 1 aliphatic heterocycles. The molecule has 136 valence electrons. The van der Waals surface area contributed by atoms with Crippen molar-refractivity contribution < 1.29 is 23.8 Å². The van der Waals surface area contributed by atoms with Crippen molar-refractivity contribution in [1.82, 2.24) is 10.6 Å². The third-order valence-corrected chi connectivity index (χ3v) is 3.95. The summed E-state index contributed by atoms with van der Waals surface area (Å²) in [6.45, 7) is 3.94. The van der Waals surface area contributed by atoms with E-state index in [0.717, 1.165) is 0 Å². The summed E-state index contributed by atoms with van der Waals surface area (Å²) in [5.74, 6) is 0.0496. The van der Waals surface area contributed by atoms with Gasteiger partial charge < -0.3 is 24.8 Å². The summed E-state index contributed by atoms with van der Waals surface area (Å²) in [5.41, 5.74) is 1.18. The van der Waals surface area contributed by atoms with Crippen LogP contribution in [0.4, 0.5) is 4.79 Å². The van der Waals surface area contributed by atoms with Crippen LogP contribution in [0.25, 0.3) is 0 Å². The fourth-order valence-electron chi connectivity index (χ4n) is 2.88. The van der Waals surface area contributed by atoms with Crippen molar-refractivity contribution in [1.29, 1.82) is 0 Å². The predicted molar refractivity (Wildman–Crippen MR) is 92.5 cm³/mol. The van der Waals surface area contributed by atoms with Gasteiger partial charge in [-0.3, -0.25) is 4.79 Å². The van der Waals surface area contributed by atoms with Crippen LogP contribution in [-0.2, 0) is 9.53 Å². The van der Waals surface area contributed by atoms with Gasteiger partial charge in [-0.05, 0) is 31.5 Å². The van der Waals surface area contributed by atoms with Gasteiger partial charge in [-0.15, -0.1) is 0 Å². The van der Waals surface area contributed by atoms with Crippen molar-refractivity contribution in [3.63, 3.8) is 0 Å². The summed E-state index contributed by atoms with van der Waals surface area (Å²) in [6.07, 6.45) is 2.49. The fraction of sp³-hybridized carbons (Fsp3) is 0.444. The number of carbonyl (C=O) groups excluding carboxylic acids is 2. The van der Waals surface area contributed by atoms with Gasteiger partial charge in [0.2, 0.25) is 0 Å². The number of methoxy groups -OCH3 is 2. The van der Waals surface area contributed by atoms with Crippen molar-refractivity contribution in [3.8, 4) is 11.5 Å². The van der Waals surface area contributed by atoms with Crippen LogP contribution in [0.1, 0.15) is 31.9 Å². The molecule has 1 saturated heterocycles. The van der Waals surface area contributed by atoms with E-state index < -0.39 is 17.9 Å². The highest BCUT2D eigenvalue weighted by Gasteiger charge is 2.40. The number of hydrogen-bond acceptors (Lipinski definition) is 5. The van der Waals surface area contributed by atoms with Crippen molar-refractivity contribution >= 4 is 12.0 Å². The Kier molecular flexibility index (Phi) is 6.27. The number of hydrogen-bond donors (Lipinski definition) is 2. The van der Waals surface area contributed by atoms with Crippen LogP contribution in [0.3, 0.4) is 0 Å². The monoisotopic (exact) mass is 348 g/mol. The standard InChI is InChI=1S/C18H24N2O5/c1-5-7-13-15(17(21)25-6-2)16(20-18(22)19-13)12-10-11(23-3)8-9-14(12)24-4/h7-10,15-16H,5-6H2,1-4H3,(H2,19,20,22). The van der Waals surface area contributed by atoms with E-state index in [1.54, 1.807) is 32.2 Å². The van der Waals surface area contributed by atoms with E-state index in [1.807, 2.05) is 13.0 Å². The first-order valence-corrected chi connectivity index (χ1v) is 8.21. The first-order valence-electron chi connectivity index (χ1n) is 8.21. The van der Waals surface area contributed by atoms with E-state index >= 15 is 0 Å². The Morgan fingerprint density at radius 1 is 1.24 bits per heavy atom. The molecule has 1 aliphatic rings. The maximum absolute atomic E-state index is 12.6. The van der Waals surface area contributed by atoms with Gasteiger partial charge in [0.1, 0.15) is 17.4 Å². The van der Waals surface area contributed by atoms with Crippen LogP contribution in [0.5, 0.6) is 11.5 Å². The van der Waals surface area contributed by atoms with Crippen LogP contribution < -0.4 is 20.1 Å². The molecule has 2 rings (SSSR count). The first kappa shape index (κ1) is 18.6. The largest absolute Gasteiger partial charge is 0.497 e. The van der Waals surface area contributed by atoms with E-state index in [-0.39, 0.29) is 12.6 Å². The number of esters is 1. The summed E-state index contributed by atoms with van der Waals surface area (Å²) >= 11 is 0. The SMILES string of the molecule is CCC=C1NC(=O)NC(c2cc(OC)ccc2OC)C1C(=O)OCC. The average molecular weight is 348 g/mol. The van der Waals surface area contributed by atoms with Crippen LogP contribution >= 0.6 is 0 Å². The van der Waals surface area contributed by atoms with E-state index in [9.17, 15) is 9.59 Å². The van der Waals surface area contributed by atoms with Crippen molar-refractivity contribution in [2.24, 2.45) is 5.92 Å². The highest BCUT2D eigenvalue weighted by Crippen LogP contribution is 2.37. The number of benzene rings is 1. The van der Waals surface area contributed by atoms with Crippen molar-refractivity contribution in [2.75, 3.05) is 20.8 Å². The number of carbonyl (C=O) groups is 2. The first-order chi connectivity index (χ1) is 12.0. The van der Waals surface area contributed by atoms with Gasteiger partial charge >= 0.3 is 12.0 Å². The van der Waals surface area contributed by atoms with Gasteiger partial charge in [0, 0.05) is 11.3 Å². The molecular weight excluding hydrogens is 324 g/mol. The van der Waals surface area contributed by atoms with E-state index in [1.165, 1.54) is 7.11 Å². The Morgan fingerprint density at radius 3 is 2.60 bits per heavy atom. The minimum absolute atomic E-state index is 0.255. The van der Waals surface area contributed by atoms with Crippen molar-refractivity contribution in [2.45, 2.75) is 26.3 Å². The molecular formula is C18H24N2O5. The molecule has 7 heteroatoms. The molecule has 0 aromatic heterocycles. The Labute approximate surface area is 147 Å². The maximum atomic E-state index is 12.6. The van der Waals surface area contributed by atoms with Crippen molar-refractivity contribution in [3.05, 3.63) is 35.5 Å². The summed E-state index contributed by atoms with van der Waals surface area (Å²) < 4.78 is 15.9. The number of amides is 2. The van der Waals surface area contributed by atoms with Gasteiger partial charge in [-0.1, -0.05) is 13.0 Å². The van der Waals surface area contributed by atoms with E-state index in [4.69, 9.17) is 14.2 Å². The Bertz CT molecular complexity index is 671. The van der Waals surface area contributed by atoms with Crippen LogP contribution in [-0.4, -0.2) is 32.8 Å². The average Bonchev–Trinajstić information content (AvgIpc) is 2.61. The zero-order valence-electron chi connectivity index (χ0n) is 14.9. The molecule has 2 amide bonds. The third-order valence-electron chi connectivity index (χ3n) is 3.95. The van der Waals surface area contributed by atoms with Gasteiger partial charge in [-0.2, -0.15) is 0 Å². The molecule has 2 unspecified atom stereocenters. The molecule has 1 heterocycles. The molecule has 2 N–H and O–H groups in total. The molecule has 1 aromatic carbocycles. The minimum atomic E-state index is -0.696. The number of nitrogens with one attached hydrogen (secondary N) is 2. The predicted octanol–water partition coefficient (Wildman–Crippen LogP) is 2.53. The minimum Gasteiger partial charge on any atom is -0.497 e. The lowest BCUT2D eigenvalue weighted by molar-refractivity contribution is -0.147. The van der Waals surface area contributed by atoms with Crippen LogP contribution in [0.2, 0.25) is 0 Å². The summed E-state index contributed by atoms with van der Waals surface area (Å²) in [7, 11) is 3.09. The van der Waals surface area contributed by atoms with E-state index in [2.05, 4.69) is 10.6 Å². The summed E-state index contributed by atoms with van der Waals surface area (Å²) in [5, 5.41) is 5.52. The van der Waals surface area contributed by atoms with Crippen LogP contribution in [0, 0.1) is 5.92 Å². The molecule has 0 aliphatic carbocycles. The summed E-state index contributed by atoms with van der Waals surface area (Å²) in [6, 6.07) is 4.25. The number of rotatable bonds is 6. The second kappa shape index (κ2) is 8.41. The molecule has 1 aromatic rings. The molecule has 25 heavy (non-hydrogen) atoms. The van der Waals surface area contributed by atoms with Gasteiger partial charge in [0.15, 0.2) is 0 Å². The Hall–Kier alpha value is -2.70. The normalized spacial score (nSPS) is 21.3. The van der Waals surface area contributed by atoms with Crippen LogP contribution in [0.15, 0.2) is 30.0 Å². The third kappa shape index (κ3) is 4.04. The number of urea groups is 1. The molecule has 7 nitrogen and oxygen atoms in total. The van der Waals surface area contributed by atoms with Gasteiger partial charge in [0.05, 0.1) is 26.9 Å². The van der Waals surface area contributed by atoms with E-state index in [0.29, 0.717) is 29.2 Å². The maximum Gasteiger partial charge on any atom is 0.319 e. The second-order valence-electron chi connectivity index (χ2n) is 5.48. The van der Waals surface area contributed by atoms with Gasteiger partial charge in [0.25, 0.3) is 0 Å². The Morgan fingerprint density at radius 2 is 2.00 bits per heavy atom. The number of ether oxygens (including phenoxy) is 3. The molecule has 0 bridgehead atoms. The highest BCUT2D eigenvalue weighted by molar-refractivity contribution is 5.85. The smallest absolute Gasteiger partial charge is 0.319 e. The second-order valence-corrected chi connectivity index (χ2v) is 5.48. The van der Waals surface area contributed by atoms with Gasteiger partial charge in [-0.25, -0.2) is 4.79 Å². The lowest BCUT2D eigenvalue weighted by Gasteiger charge is -2.34. The molecule has 0 saturated carbocycles. The lowest BCUT2D eigenvalue weighted by Crippen LogP contribution is -2.51. The zero-order valence-corrected chi connectivity index (χ0v) is 14.9. The fourth-order valence-corrected chi connectivity index (χ4v) is 2.88. The molecule has 0 radical (unpaired) electrons.